The van der Waals surface area contributed by atoms with Crippen LogP contribution in [0.4, 0.5) is 0 Å². The molecule has 1 aliphatic heterocycles. The Hall–Kier alpha value is -2.89. The summed E-state index contributed by atoms with van der Waals surface area (Å²) in [6, 6.07) is 2.13. The fourth-order valence-corrected chi connectivity index (χ4v) is 3.85. The van der Waals surface area contributed by atoms with E-state index in [9.17, 15) is 9.59 Å². The smallest absolute Gasteiger partial charge is 0.345 e. The number of fused-ring (bicyclic) bond motifs is 1. The Balaban J connectivity index is 1.42. The first-order valence-corrected chi connectivity index (χ1v) is 10.3. The molecule has 0 saturated heterocycles. The number of rotatable bonds is 9. The number of hydrogen-bond donors (Lipinski definition) is 1. The normalized spacial score (nSPS) is 13.1. The van der Waals surface area contributed by atoms with Crippen LogP contribution in [0.1, 0.15) is 54.9 Å². The number of nitrogens with zero attached hydrogens (tertiary/aromatic N) is 6. The quantitative estimate of drug-likeness (QED) is 0.638. The van der Waals surface area contributed by atoms with Gasteiger partial charge < -0.3 is 5.32 Å². The van der Waals surface area contributed by atoms with Crippen molar-refractivity contribution in [1.29, 1.82) is 5.26 Å². The van der Waals surface area contributed by atoms with E-state index in [2.05, 4.69) is 21.6 Å². The predicted octanol–water partition coefficient (Wildman–Crippen LogP) is 1.25. The van der Waals surface area contributed by atoms with Gasteiger partial charge in [0, 0.05) is 38.2 Å². The Bertz CT molecular complexity index is 961. The zero-order valence-corrected chi connectivity index (χ0v) is 17.3. The van der Waals surface area contributed by atoms with E-state index >= 15 is 0 Å². The summed E-state index contributed by atoms with van der Waals surface area (Å²) in [6.45, 7) is 6.29. The Labute approximate surface area is 170 Å². The van der Waals surface area contributed by atoms with Gasteiger partial charge in [-0.1, -0.05) is 0 Å². The molecule has 0 aromatic carbocycles. The average molecular weight is 399 g/mol. The van der Waals surface area contributed by atoms with Crippen LogP contribution in [0.25, 0.3) is 0 Å². The van der Waals surface area contributed by atoms with E-state index in [-0.39, 0.29) is 11.6 Å². The minimum Gasteiger partial charge on any atom is -0.356 e. The molecule has 156 valence electrons. The minimum absolute atomic E-state index is 0.00921. The van der Waals surface area contributed by atoms with Crippen molar-refractivity contribution in [3.63, 3.8) is 0 Å². The maximum absolute atomic E-state index is 12.3. The average Bonchev–Trinajstić information content (AvgIpc) is 3.18. The van der Waals surface area contributed by atoms with Gasteiger partial charge in [0.25, 0.3) is 0 Å². The summed E-state index contributed by atoms with van der Waals surface area (Å²) in [6.07, 6.45) is 5.10. The highest BCUT2D eigenvalue weighted by molar-refractivity contribution is 5.76. The number of amides is 1. The Kier molecular flexibility index (Phi) is 6.86. The molecule has 3 rings (SSSR count). The van der Waals surface area contributed by atoms with Gasteiger partial charge in [-0.3, -0.25) is 14.0 Å². The van der Waals surface area contributed by atoms with Crippen LogP contribution in [0, 0.1) is 25.2 Å². The lowest BCUT2D eigenvalue weighted by Gasteiger charge is -2.09. The summed E-state index contributed by atoms with van der Waals surface area (Å²) < 4.78 is 5.13. The maximum Gasteiger partial charge on any atom is 0.345 e. The van der Waals surface area contributed by atoms with Gasteiger partial charge in [0.15, 0.2) is 0 Å². The van der Waals surface area contributed by atoms with E-state index in [4.69, 9.17) is 5.26 Å². The van der Waals surface area contributed by atoms with Crippen LogP contribution in [0.3, 0.4) is 0 Å². The van der Waals surface area contributed by atoms with Crippen molar-refractivity contribution in [2.75, 3.05) is 6.54 Å². The van der Waals surface area contributed by atoms with Gasteiger partial charge in [-0.15, -0.1) is 0 Å². The number of aryl methyl sites for hydroxylation is 4. The lowest BCUT2D eigenvalue weighted by atomic mass is 10.1. The third-order valence-electron chi connectivity index (χ3n) is 5.47. The number of nitrogens with one attached hydrogen (secondary N) is 1. The third kappa shape index (κ3) is 4.94. The van der Waals surface area contributed by atoms with E-state index in [1.54, 1.807) is 4.57 Å². The molecule has 2 aromatic heterocycles. The fraction of sp³-hybridized carbons (Fsp3) is 0.650. The predicted molar refractivity (Wildman–Crippen MR) is 107 cm³/mol. The first kappa shape index (κ1) is 20.8. The molecule has 0 atom stereocenters. The number of hydrogen-bond acceptors (Lipinski definition) is 5. The van der Waals surface area contributed by atoms with E-state index in [1.165, 1.54) is 4.68 Å². The highest BCUT2D eigenvalue weighted by Crippen LogP contribution is 2.15. The van der Waals surface area contributed by atoms with Gasteiger partial charge in [0.2, 0.25) is 5.91 Å². The monoisotopic (exact) mass is 399 g/mol. The molecule has 0 radical (unpaired) electrons. The topological polar surface area (TPSA) is 111 Å². The molecule has 0 aliphatic carbocycles. The van der Waals surface area contributed by atoms with Crippen molar-refractivity contribution in [2.45, 2.75) is 78.4 Å². The molecule has 2 aromatic rings. The van der Waals surface area contributed by atoms with Gasteiger partial charge in [0.1, 0.15) is 5.82 Å². The summed E-state index contributed by atoms with van der Waals surface area (Å²) in [5.41, 5.74) is 2.98. The van der Waals surface area contributed by atoms with Crippen LogP contribution in [0.5, 0.6) is 0 Å². The fourth-order valence-electron chi connectivity index (χ4n) is 3.85. The van der Waals surface area contributed by atoms with Crippen molar-refractivity contribution in [3.05, 3.63) is 33.3 Å². The molecule has 0 unspecified atom stereocenters. The van der Waals surface area contributed by atoms with Gasteiger partial charge in [-0.2, -0.15) is 15.5 Å². The highest BCUT2D eigenvalue weighted by Gasteiger charge is 2.16. The van der Waals surface area contributed by atoms with Gasteiger partial charge >= 0.3 is 5.69 Å². The second-order valence-electron chi connectivity index (χ2n) is 7.51. The molecule has 3 heterocycles. The van der Waals surface area contributed by atoms with E-state index < -0.39 is 0 Å². The first-order valence-electron chi connectivity index (χ1n) is 10.3. The number of carbonyl (C=O) groups excluding carboxylic acids is 1. The molecule has 0 bridgehead atoms. The molecular weight excluding hydrogens is 370 g/mol. The first-order chi connectivity index (χ1) is 14.0. The molecule has 1 aliphatic rings. The summed E-state index contributed by atoms with van der Waals surface area (Å²) in [4.78, 5) is 24.5. The summed E-state index contributed by atoms with van der Waals surface area (Å²) in [5.74, 6) is 0.872. The summed E-state index contributed by atoms with van der Waals surface area (Å²) in [5, 5.41) is 20.5. The Morgan fingerprint density at radius 3 is 2.79 bits per heavy atom. The largest absolute Gasteiger partial charge is 0.356 e. The van der Waals surface area contributed by atoms with Crippen LogP contribution in [-0.4, -0.2) is 36.6 Å². The molecule has 29 heavy (non-hydrogen) atoms. The molecule has 1 amide bonds. The second kappa shape index (κ2) is 9.54. The maximum atomic E-state index is 12.3. The Morgan fingerprint density at radius 2 is 2.03 bits per heavy atom. The van der Waals surface area contributed by atoms with E-state index in [1.807, 2.05) is 18.5 Å². The van der Waals surface area contributed by atoms with Crippen molar-refractivity contribution < 1.29 is 4.79 Å². The molecular formula is C20H29N7O2. The van der Waals surface area contributed by atoms with Crippen LogP contribution < -0.4 is 11.0 Å². The number of nitriles is 1. The molecule has 0 spiro atoms. The van der Waals surface area contributed by atoms with Crippen molar-refractivity contribution in [3.8, 4) is 6.07 Å². The van der Waals surface area contributed by atoms with Crippen molar-refractivity contribution in [1.82, 2.24) is 29.4 Å². The lowest BCUT2D eigenvalue weighted by molar-refractivity contribution is -0.121. The Morgan fingerprint density at radius 1 is 1.21 bits per heavy atom. The zero-order valence-electron chi connectivity index (χ0n) is 17.3. The van der Waals surface area contributed by atoms with Crippen LogP contribution in [-0.2, 0) is 37.3 Å². The van der Waals surface area contributed by atoms with Crippen LogP contribution >= 0.6 is 0 Å². The number of carbonyl (C=O) groups is 1. The highest BCUT2D eigenvalue weighted by atomic mass is 16.2. The van der Waals surface area contributed by atoms with Crippen LogP contribution in [0.15, 0.2) is 4.79 Å². The minimum atomic E-state index is -0.0367. The van der Waals surface area contributed by atoms with E-state index in [0.29, 0.717) is 45.3 Å². The van der Waals surface area contributed by atoms with Gasteiger partial charge in [-0.25, -0.2) is 9.48 Å². The molecule has 1 N–H and O–H groups in total. The third-order valence-corrected chi connectivity index (χ3v) is 5.47. The van der Waals surface area contributed by atoms with Crippen molar-refractivity contribution in [2.24, 2.45) is 0 Å². The molecule has 9 nitrogen and oxygen atoms in total. The number of aromatic nitrogens is 5. The van der Waals surface area contributed by atoms with Crippen LogP contribution in [0.2, 0.25) is 0 Å². The second-order valence-corrected chi connectivity index (χ2v) is 7.51. The molecule has 9 heteroatoms. The standard InChI is InChI=1S/C20H29N7O2/c1-15-17(16(2)26(23-15)13-5-10-21)8-9-19(28)22-11-6-14-27-20(29)25-12-4-3-7-18(25)24-27/h3-9,11-14H2,1-2H3,(H,22,28). The summed E-state index contributed by atoms with van der Waals surface area (Å²) in [7, 11) is 0. The molecule has 0 fully saturated rings. The lowest BCUT2D eigenvalue weighted by Crippen LogP contribution is -2.29. The zero-order chi connectivity index (χ0) is 20.8. The summed E-state index contributed by atoms with van der Waals surface area (Å²) >= 11 is 0. The van der Waals surface area contributed by atoms with E-state index in [0.717, 1.165) is 48.6 Å². The molecule has 0 saturated carbocycles. The SMILES string of the molecule is Cc1nn(CCC#N)c(C)c1CCC(=O)NCCCn1nc2n(c1=O)CCCC2. The van der Waals surface area contributed by atoms with Crippen molar-refractivity contribution >= 4 is 5.91 Å². The van der Waals surface area contributed by atoms with Gasteiger partial charge in [-0.05, 0) is 45.1 Å². The van der Waals surface area contributed by atoms with Gasteiger partial charge in [0.05, 0.1) is 24.7 Å².